The van der Waals surface area contributed by atoms with Crippen molar-refractivity contribution in [3.8, 4) is 11.5 Å². The SMILES string of the molecule is CCOC(=O)N[C@H](N)Cc1ccc(OCc2ccccc2)c(OCc2ccccc2)c1. The first-order valence-electron chi connectivity index (χ1n) is 10.3. The Morgan fingerprint density at radius 2 is 1.42 bits per heavy atom. The van der Waals surface area contributed by atoms with Crippen molar-refractivity contribution < 1.29 is 19.0 Å². The summed E-state index contributed by atoms with van der Waals surface area (Å²) < 4.78 is 17.0. The second kappa shape index (κ2) is 11.6. The molecule has 0 fully saturated rings. The van der Waals surface area contributed by atoms with Crippen LogP contribution in [0.15, 0.2) is 78.9 Å². The van der Waals surface area contributed by atoms with Gasteiger partial charge in [0.1, 0.15) is 13.2 Å². The summed E-state index contributed by atoms with van der Waals surface area (Å²) in [5.41, 5.74) is 9.09. The molecule has 0 radical (unpaired) electrons. The van der Waals surface area contributed by atoms with E-state index in [0.29, 0.717) is 37.7 Å². The first-order chi connectivity index (χ1) is 15.1. The number of nitrogens with one attached hydrogen (secondary N) is 1. The molecule has 3 N–H and O–H groups in total. The fraction of sp³-hybridized carbons (Fsp3) is 0.240. The van der Waals surface area contributed by atoms with Gasteiger partial charge in [0.25, 0.3) is 0 Å². The molecule has 162 valence electrons. The molecule has 0 aromatic heterocycles. The van der Waals surface area contributed by atoms with Crippen LogP contribution in [0.25, 0.3) is 0 Å². The largest absolute Gasteiger partial charge is 0.485 e. The van der Waals surface area contributed by atoms with E-state index in [1.165, 1.54) is 0 Å². The lowest BCUT2D eigenvalue weighted by atomic mass is 10.1. The van der Waals surface area contributed by atoms with Gasteiger partial charge in [0.15, 0.2) is 11.5 Å². The molecule has 0 bridgehead atoms. The van der Waals surface area contributed by atoms with E-state index in [9.17, 15) is 4.79 Å². The Morgan fingerprint density at radius 1 is 0.839 bits per heavy atom. The fourth-order valence-corrected chi connectivity index (χ4v) is 3.01. The molecule has 1 atom stereocenters. The van der Waals surface area contributed by atoms with Crippen LogP contribution < -0.4 is 20.5 Å². The third-order valence-corrected chi connectivity index (χ3v) is 4.52. The summed E-state index contributed by atoms with van der Waals surface area (Å²) in [4.78, 5) is 11.6. The van der Waals surface area contributed by atoms with Gasteiger partial charge in [-0.3, -0.25) is 0 Å². The van der Waals surface area contributed by atoms with Crippen LogP contribution in [0, 0.1) is 0 Å². The Balaban J connectivity index is 1.71. The topological polar surface area (TPSA) is 82.8 Å². The third-order valence-electron chi connectivity index (χ3n) is 4.52. The maximum absolute atomic E-state index is 11.6. The average Bonchev–Trinajstić information content (AvgIpc) is 2.78. The van der Waals surface area contributed by atoms with Crippen LogP contribution in [-0.4, -0.2) is 18.9 Å². The molecule has 0 saturated heterocycles. The van der Waals surface area contributed by atoms with Crippen LogP contribution in [0.2, 0.25) is 0 Å². The predicted molar refractivity (Wildman–Crippen MR) is 120 cm³/mol. The highest BCUT2D eigenvalue weighted by Crippen LogP contribution is 2.30. The van der Waals surface area contributed by atoms with Crippen molar-refractivity contribution in [2.45, 2.75) is 32.7 Å². The van der Waals surface area contributed by atoms with Gasteiger partial charge < -0.3 is 25.3 Å². The number of nitrogens with two attached hydrogens (primary N) is 1. The molecule has 0 aliphatic carbocycles. The zero-order valence-electron chi connectivity index (χ0n) is 17.6. The van der Waals surface area contributed by atoms with E-state index in [-0.39, 0.29) is 0 Å². The molecule has 3 rings (SSSR count). The molecule has 0 aliphatic rings. The molecule has 0 spiro atoms. The van der Waals surface area contributed by atoms with E-state index in [1.807, 2.05) is 78.9 Å². The van der Waals surface area contributed by atoms with Gasteiger partial charge in [-0.1, -0.05) is 66.7 Å². The minimum absolute atomic E-state index is 0.295. The summed E-state index contributed by atoms with van der Waals surface area (Å²) in [5, 5.41) is 2.61. The first-order valence-corrected chi connectivity index (χ1v) is 10.3. The smallest absolute Gasteiger partial charge is 0.408 e. The fourth-order valence-electron chi connectivity index (χ4n) is 3.01. The van der Waals surface area contributed by atoms with Gasteiger partial charge in [0.05, 0.1) is 12.8 Å². The first kappa shape index (κ1) is 22.2. The molecule has 0 aliphatic heterocycles. The molecule has 0 heterocycles. The number of carbonyl (C=O) groups excluding carboxylic acids is 1. The molecule has 0 unspecified atom stereocenters. The highest BCUT2D eigenvalue weighted by atomic mass is 16.5. The minimum Gasteiger partial charge on any atom is -0.485 e. The maximum Gasteiger partial charge on any atom is 0.408 e. The number of ether oxygens (including phenoxy) is 3. The van der Waals surface area contributed by atoms with Crippen LogP contribution in [0.5, 0.6) is 11.5 Å². The number of hydrogen-bond acceptors (Lipinski definition) is 5. The Bertz CT molecular complexity index is 948. The van der Waals surface area contributed by atoms with Gasteiger partial charge in [-0.05, 0) is 35.7 Å². The quantitative estimate of drug-likeness (QED) is 0.475. The number of benzene rings is 3. The summed E-state index contributed by atoms with van der Waals surface area (Å²) in [7, 11) is 0. The van der Waals surface area contributed by atoms with Crippen molar-refractivity contribution in [1.82, 2.24) is 5.32 Å². The molecule has 6 nitrogen and oxygen atoms in total. The normalized spacial score (nSPS) is 11.4. The number of alkyl carbamates (subject to hydrolysis) is 1. The van der Waals surface area contributed by atoms with E-state index in [1.54, 1.807) is 6.92 Å². The lowest BCUT2D eigenvalue weighted by molar-refractivity contribution is 0.148. The Morgan fingerprint density at radius 3 is 2.00 bits per heavy atom. The summed E-state index contributed by atoms with van der Waals surface area (Å²) in [6.07, 6.45) is -0.671. The van der Waals surface area contributed by atoms with Crippen LogP contribution in [-0.2, 0) is 24.4 Å². The monoisotopic (exact) mass is 420 g/mol. The summed E-state index contributed by atoms with van der Waals surface area (Å²) in [6, 6.07) is 25.6. The van der Waals surface area contributed by atoms with E-state index < -0.39 is 12.3 Å². The van der Waals surface area contributed by atoms with Crippen molar-refractivity contribution in [2.75, 3.05) is 6.61 Å². The summed E-state index contributed by atoms with van der Waals surface area (Å²) >= 11 is 0. The van der Waals surface area contributed by atoms with Gasteiger partial charge in [-0.25, -0.2) is 4.79 Å². The second-order valence-corrected chi connectivity index (χ2v) is 7.01. The molecule has 1 amide bonds. The zero-order chi connectivity index (χ0) is 21.9. The van der Waals surface area contributed by atoms with Crippen molar-refractivity contribution >= 4 is 6.09 Å². The highest BCUT2D eigenvalue weighted by molar-refractivity contribution is 5.67. The van der Waals surface area contributed by atoms with Gasteiger partial charge in [-0.2, -0.15) is 0 Å². The molecule has 31 heavy (non-hydrogen) atoms. The molecule has 3 aromatic carbocycles. The molecule has 6 heteroatoms. The van der Waals surface area contributed by atoms with Crippen LogP contribution >= 0.6 is 0 Å². The van der Waals surface area contributed by atoms with E-state index in [2.05, 4.69) is 5.32 Å². The number of amides is 1. The van der Waals surface area contributed by atoms with Gasteiger partial charge in [-0.15, -0.1) is 0 Å². The maximum atomic E-state index is 11.6. The summed E-state index contributed by atoms with van der Waals surface area (Å²) in [5.74, 6) is 1.27. The van der Waals surface area contributed by atoms with Gasteiger partial charge in [0, 0.05) is 6.42 Å². The number of rotatable bonds is 10. The van der Waals surface area contributed by atoms with E-state index in [0.717, 1.165) is 16.7 Å². The Labute approximate surface area is 182 Å². The number of hydrogen-bond donors (Lipinski definition) is 2. The van der Waals surface area contributed by atoms with E-state index in [4.69, 9.17) is 19.9 Å². The second-order valence-electron chi connectivity index (χ2n) is 7.01. The van der Waals surface area contributed by atoms with Gasteiger partial charge >= 0.3 is 6.09 Å². The minimum atomic E-state index is -0.572. The van der Waals surface area contributed by atoms with Crippen molar-refractivity contribution in [3.05, 3.63) is 95.6 Å². The molecular weight excluding hydrogens is 392 g/mol. The molecular formula is C25H28N2O4. The van der Waals surface area contributed by atoms with E-state index >= 15 is 0 Å². The Hall–Kier alpha value is -3.51. The molecule has 0 saturated carbocycles. The predicted octanol–water partition coefficient (Wildman–Crippen LogP) is 4.42. The lowest BCUT2D eigenvalue weighted by Gasteiger charge is -2.17. The Kier molecular flexibility index (Phi) is 8.31. The summed E-state index contributed by atoms with van der Waals surface area (Å²) in [6.45, 7) is 2.89. The lowest BCUT2D eigenvalue weighted by Crippen LogP contribution is -2.43. The zero-order valence-corrected chi connectivity index (χ0v) is 17.6. The third kappa shape index (κ3) is 7.35. The van der Waals surface area contributed by atoms with Crippen LogP contribution in [0.4, 0.5) is 4.79 Å². The van der Waals surface area contributed by atoms with Gasteiger partial charge in [0.2, 0.25) is 0 Å². The molecule has 3 aromatic rings. The highest BCUT2D eigenvalue weighted by Gasteiger charge is 2.13. The van der Waals surface area contributed by atoms with Crippen molar-refractivity contribution in [2.24, 2.45) is 5.73 Å². The van der Waals surface area contributed by atoms with Crippen molar-refractivity contribution in [3.63, 3.8) is 0 Å². The van der Waals surface area contributed by atoms with Crippen LogP contribution in [0.1, 0.15) is 23.6 Å². The van der Waals surface area contributed by atoms with Crippen molar-refractivity contribution in [1.29, 1.82) is 0 Å². The average molecular weight is 421 g/mol. The standard InChI is InChI=1S/C25H28N2O4/c1-2-29-25(28)27-24(26)16-21-13-14-22(30-17-19-9-5-3-6-10-19)23(15-21)31-18-20-11-7-4-8-12-20/h3-15,24H,2,16-18,26H2,1H3,(H,27,28)/t24-/m0/s1. The van der Waals surface area contributed by atoms with Crippen LogP contribution in [0.3, 0.4) is 0 Å². The number of carbonyl (C=O) groups is 1.